The molecule has 0 saturated carbocycles. The molecule has 0 unspecified atom stereocenters. The van der Waals surface area contributed by atoms with Gasteiger partial charge >= 0.3 is 0 Å². The number of allylic oxidation sites excluding steroid dienone is 5. The molecule has 70 valence electrons. The van der Waals surface area contributed by atoms with Crippen molar-refractivity contribution in [3.63, 3.8) is 0 Å². The van der Waals surface area contributed by atoms with E-state index < -0.39 is 6.67 Å². The number of aliphatic imine (C=N–C) groups is 1. The normalized spacial score (nSPS) is 17.9. The number of hydrogen-bond donors (Lipinski definition) is 0. The third-order valence-electron chi connectivity index (χ3n) is 1.93. The maximum absolute atomic E-state index is 12.2. The van der Waals surface area contributed by atoms with Crippen molar-refractivity contribution in [2.75, 3.05) is 6.67 Å². The van der Waals surface area contributed by atoms with Crippen molar-refractivity contribution in [3.8, 4) is 0 Å². The van der Waals surface area contributed by atoms with Crippen LogP contribution in [0.15, 0.2) is 40.1 Å². The molecule has 0 fully saturated rings. The second kappa shape index (κ2) is 4.75. The molecular formula is C11H14FN. The van der Waals surface area contributed by atoms with Gasteiger partial charge in [0, 0.05) is 12.4 Å². The van der Waals surface area contributed by atoms with Crippen molar-refractivity contribution in [3.05, 3.63) is 35.1 Å². The highest BCUT2D eigenvalue weighted by atomic mass is 19.1. The van der Waals surface area contributed by atoms with E-state index in [0.29, 0.717) is 0 Å². The Morgan fingerprint density at radius 2 is 2.46 bits per heavy atom. The van der Waals surface area contributed by atoms with E-state index in [1.807, 2.05) is 19.1 Å². The lowest BCUT2D eigenvalue weighted by Gasteiger charge is -2.00. The summed E-state index contributed by atoms with van der Waals surface area (Å²) in [6, 6.07) is 0. The number of alkyl halides is 1. The molecule has 0 aromatic rings. The van der Waals surface area contributed by atoms with Gasteiger partial charge in [-0.05, 0) is 31.4 Å². The molecule has 0 radical (unpaired) electrons. The van der Waals surface area contributed by atoms with Gasteiger partial charge in [-0.2, -0.15) is 0 Å². The van der Waals surface area contributed by atoms with Crippen molar-refractivity contribution in [2.45, 2.75) is 20.3 Å². The van der Waals surface area contributed by atoms with Gasteiger partial charge in [0.15, 0.2) is 0 Å². The van der Waals surface area contributed by atoms with Crippen LogP contribution in [0.4, 0.5) is 4.39 Å². The van der Waals surface area contributed by atoms with E-state index in [0.717, 1.165) is 17.6 Å². The summed E-state index contributed by atoms with van der Waals surface area (Å²) < 4.78 is 12.2. The molecule has 1 nitrogen and oxygen atoms in total. The van der Waals surface area contributed by atoms with Crippen LogP contribution in [-0.2, 0) is 0 Å². The number of halogens is 1. The van der Waals surface area contributed by atoms with Crippen LogP contribution in [0.25, 0.3) is 0 Å². The van der Waals surface area contributed by atoms with Crippen molar-refractivity contribution in [1.29, 1.82) is 0 Å². The summed E-state index contributed by atoms with van der Waals surface area (Å²) in [6.07, 6.45) is 8.29. The third kappa shape index (κ3) is 2.98. The molecule has 1 aliphatic heterocycles. The van der Waals surface area contributed by atoms with Gasteiger partial charge in [0.05, 0.1) is 0 Å². The fourth-order valence-corrected chi connectivity index (χ4v) is 1.11. The predicted octanol–water partition coefficient (Wildman–Crippen LogP) is 3.21. The van der Waals surface area contributed by atoms with E-state index in [9.17, 15) is 4.39 Å². The second-order valence-corrected chi connectivity index (χ2v) is 3.23. The van der Waals surface area contributed by atoms with Crippen molar-refractivity contribution in [2.24, 2.45) is 4.99 Å². The quantitative estimate of drug-likeness (QED) is 0.617. The van der Waals surface area contributed by atoms with Gasteiger partial charge < -0.3 is 0 Å². The number of rotatable bonds is 2. The third-order valence-corrected chi connectivity index (χ3v) is 1.93. The average molecular weight is 179 g/mol. The molecule has 0 aromatic heterocycles. The van der Waals surface area contributed by atoms with Crippen LogP contribution in [0, 0.1) is 0 Å². The lowest BCUT2D eigenvalue weighted by molar-refractivity contribution is 0.543. The van der Waals surface area contributed by atoms with Crippen LogP contribution in [-0.4, -0.2) is 12.9 Å². The van der Waals surface area contributed by atoms with E-state index >= 15 is 0 Å². The summed E-state index contributed by atoms with van der Waals surface area (Å²) in [4.78, 5) is 4.06. The van der Waals surface area contributed by atoms with E-state index in [-0.39, 0.29) is 0 Å². The van der Waals surface area contributed by atoms with E-state index in [1.54, 1.807) is 19.3 Å². The molecule has 13 heavy (non-hydrogen) atoms. The number of hydrogen-bond acceptors (Lipinski definition) is 1. The minimum absolute atomic E-state index is 0.391. The molecule has 1 heterocycles. The first kappa shape index (κ1) is 9.90. The van der Waals surface area contributed by atoms with Crippen LogP contribution < -0.4 is 0 Å². The Labute approximate surface area is 78.4 Å². The molecular weight excluding hydrogens is 165 g/mol. The zero-order chi connectivity index (χ0) is 9.68. The van der Waals surface area contributed by atoms with Gasteiger partial charge in [-0.3, -0.25) is 4.99 Å². The molecule has 0 atom stereocenters. The predicted molar refractivity (Wildman–Crippen MR) is 54.7 cm³/mol. The van der Waals surface area contributed by atoms with Gasteiger partial charge in [0.1, 0.15) is 6.67 Å². The highest BCUT2D eigenvalue weighted by Gasteiger charge is 1.99. The zero-order valence-corrected chi connectivity index (χ0v) is 8.05. The molecule has 2 heteroatoms. The van der Waals surface area contributed by atoms with E-state index in [4.69, 9.17) is 0 Å². The Kier molecular flexibility index (Phi) is 3.62. The monoisotopic (exact) mass is 179 g/mol. The Morgan fingerprint density at radius 1 is 1.69 bits per heavy atom. The fraction of sp³-hybridized carbons (Fsp3) is 0.364. The maximum atomic E-state index is 12.2. The minimum Gasteiger partial charge on any atom is -0.264 e. The molecule has 1 aliphatic rings. The van der Waals surface area contributed by atoms with Gasteiger partial charge in [-0.25, -0.2) is 4.39 Å². The lowest BCUT2D eigenvalue weighted by Crippen LogP contribution is -1.88. The minimum atomic E-state index is -0.391. The first-order chi connectivity index (χ1) is 6.24. The van der Waals surface area contributed by atoms with Crippen LogP contribution in [0.3, 0.4) is 0 Å². The van der Waals surface area contributed by atoms with Crippen molar-refractivity contribution in [1.82, 2.24) is 0 Å². The molecule has 1 rings (SSSR count). The van der Waals surface area contributed by atoms with E-state index in [1.165, 1.54) is 5.57 Å². The number of nitrogens with zero attached hydrogens (tertiary/aromatic N) is 1. The van der Waals surface area contributed by atoms with Crippen molar-refractivity contribution < 1.29 is 4.39 Å². The molecule has 0 aromatic carbocycles. The Morgan fingerprint density at radius 3 is 3.15 bits per heavy atom. The van der Waals surface area contributed by atoms with Crippen LogP contribution in [0.1, 0.15) is 20.3 Å². The SMILES string of the molecule is CC1=C(/C=C(/C)CF)C=NC=CC1. The topological polar surface area (TPSA) is 12.4 Å². The smallest absolute Gasteiger partial charge is 0.111 e. The summed E-state index contributed by atoms with van der Waals surface area (Å²) in [5.41, 5.74) is 2.99. The highest BCUT2D eigenvalue weighted by molar-refractivity contribution is 5.84. The van der Waals surface area contributed by atoms with Gasteiger partial charge in [-0.15, -0.1) is 0 Å². The van der Waals surface area contributed by atoms with Gasteiger partial charge in [0.25, 0.3) is 0 Å². The molecule has 0 aliphatic carbocycles. The Hall–Kier alpha value is -1.18. The highest BCUT2D eigenvalue weighted by Crippen LogP contribution is 2.13. The maximum Gasteiger partial charge on any atom is 0.111 e. The summed E-state index contributed by atoms with van der Waals surface area (Å²) in [7, 11) is 0. The Bertz CT molecular complexity index is 295. The van der Waals surface area contributed by atoms with Gasteiger partial charge in [-0.1, -0.05) is 17.7 Å². The molecule has 0 saturated heterocycles. The summed E-state index contributed by atoms with van der Waals surface area (Å²) in [5.74, 6) is 0. The lowest BCUT2D eigenvalue weighted by atomic mass is 10.1. The van der Waals surface area contributed by atoms with Gasteiger partial charge in [0.2, 0.25) is 0 Å². The van der Waals surface area contributed by atoms with Crippen LogP contribution >= 0.6 is 0 Å². The largest absolute Gasteiger partial charge is 0.264 e. The molecule has 0 amide bonds. The first-order valence-electron chi connectivity index (χ1n) is 4.35. The zero-order valence-electron chi connectivity index (χ0n) is 8.05. The standard InChI is InChI=1S/C11H14FN/c1-9(7-12)6-11-8-13-5-3-4-10(11)2/h3,5-6,8H,4,7H2,1-2H3/b9-6-. The summed E-state index contributed by atoms with van der Waals surface area (Å²) in [5, 5.41) is 0. The molecule has 0 bridgehead atoms. The molecule has 0 N–H and O–H groups in total. The molecule has 0 spiro atoms. The second-order valence-electron chi connectivity index (χ2n) is 3.23. The fourth-order valence-electron chi connectivity index (χ4n) is 1.11. The average Bonchev–Trinajstić information content (AvgIpc) is 2.32. The Balaban J connectivity index is 2.89. The van der Waals surface area contributed by atoms with E-state index in [2.05, 4.69) is 4.99 Å². The summed E-state index contributed by atoms with van der Waals surface area (Å²) in [6.45, 7) is 3.43. The summed E-state index contributed by atoms with van der Waals surface area (Å²) >= 11 is 0. The first-order valence-corrected chi connectivity index (χ1v) is 4.35. The van der Waals surface area contributed by atoms with Crippen molar-refractivity contribution >= 4 is 6.21 Å². The van der Waals surface area contributed by atoms with Crippen LogP contribution in [0.5, 0.6) is 0 Å². The van der Waals surface area contributed by atoms with Crippen LogP contribution in [0.2, 0.25) is 0 Å².